The highest BCUT2D eigenvalue weighted by Gasteiger charge is 2.47. The SMILES string of the molecule is NCCC1(C2CCS(=O)(=O)C2)CCC1. The zero-order chi connectivity index (χ0) is 10.2. The summed E-state index contributed by atoms with van der Waals surface area (Å²) in [7, 11) is -2.71. The molecule has 0 aromatic heterocycles. The van der Waals surface area contributed by atoms with E-state index in [1.54, 1.807) is 0 Å². The standard InChI is InChI=1S/C10H19NO2S/c11-6-5-10(3-1-4-10)9-2-7-14(12,13)8-9/h9H,1-8,11H2. The van der Waals surface area contributed by atoms with Crippen LogP contribution in [0, 0.1) is 11.3 Å². The van der Waals surface area contributed by atoms with E-state index in [-0.39, 0.29) is 0 Å². The summed E-state index contributed by atoms with van der Waals surface area (Å²) >= 11 is 0. The second-order valence-electron chi connectivity index (χ2n) is 4.85. The Morgan fingerprint density at radius 1 is 1.36 bits per heavy atom. The molecule has 2 rings (SSSR count). The summed E-state index contributed by atoms with van der Waals surface area (Å²) in [5.41, 5.74) is 5.91. The van der Waals surface area contributed by atoms with Crippen LogP contribution in [0.1, 0.15) is 32.1 Å². The molecule has 2 fully saturated rings. The molecule has 0 spiro atoms. The third kappa shape index (κ3) is 1.70. The first-order valence-electron chi connectivity index (χ1n) is 5.48. The fourth-order valence-electron chi connectivity index (χ4n) is 3.06. The molecule has 0 bridgehead atoms. The minimum atomic E-state index is -2.71. The van der Waals surface area contributed by atoms with Crippen molar-refractivity contribution in [2.45, 2.75) is 32.1 Å². The van der Waals surface area contributed by atoms with Crippen LogP contribution in [0.25, 0.3) is 0 Å². The Labute approximate surface area is 86.0 Å². The van der Waals surface area contributed by atoms with E-state index in [1.807, 2.05) is 0 Å². The van der Waals surface area contributed by atoms with Crippen LogP contribution in [-0.4, -0.2) is 26.5 Å². The zero-order valence-electron chi connectivity index (χ0n) is 8.54. The van der Waals surface area contributed by atoms with Crippen molar-refractivity contribution in [3.63, 3.8) is 0 Å². The summed E-state index contributed by atoms with van der Waals surface area (Å²) in [6.45, 7) is 0.705. The lowest BCUT2D eigenvalue weighted by Gasteiger charge is -2.46. The summed E-state index contributed by atoms with van der Waals surface area (Å²) in [5.74, 6) is 1.24. The van der Waals surface area contributed by atoms with E-state index in [0.717, 1.165) is 12.8 Å². The quantitative estimate of drug-likeness (QED) is 0.765. The molecule has 82 valence electrons. The third-order valence-corrected chi connectivity index (χ3v) is 5.86. The van der Waals surface area contributed by atoms with Gasteiger partial charge in [0.15, 0.2) is 9.84 Å². The van der Waals surface area contributed by atoms with Crippen molar-refractivity contribution in [2.75, 3.05) is 18.1 Å². The molecule has 1 saturated heterocycles. The van der Waals surface area contributed by atoms with Gasteiger partial charge in [-0.1, -0.05) is 6.42 Å². The minimum absolute atomic E-state index is 0.304. The predicted molar refractivity (Wildman–Crippen MR) is 56.7 cm³/mol. The molecule has 1 heterocycles. The van der Waals surface area contributed by atoms with Gasteiger partial charge in [0.1, 0.15) is 0 Å². The van der Waals surface area contributed by atoms with Crippen LogP contribution in [0.2, 0.25) is 0 Å². The third-order valence-electron chi connectivity index (χ3n) is 4.09. The topological polar surface area (TPSA) is 60.2 Å². The molecule has 2 N–H and O–H groups in total. The molecule has 0 radical (unpaired) electrons. The summed E-state index contributed by atoms with van der Waals surface area (Å²) in [4.78, 5) is 0. The maximum Gasteiger partial charge on any atom is 0.150 e. The summed E-state index contributed by atoms with van der Waals surface area (Å²) in [6, 6.07) is 0. The van der Waals surface area contributed by atoms with Crippen LogP contribution in [0.4, 0.5) is 0 Å². The zero-order valence-corrected chi connectivity index (χ0v) is 9.35. The van der Waals surface area contributed by atoms with Crippen molar-refractivity contribution >= 4 is 9.84 Å². The second-order valence-corrected chi connectivity index (χ2v) is 7.08. The summed E-state index contributed by atoms with van der Waals surface area (Å²) in [5, 5.41) is 0. The largest absolute Gasteiger partial charge is 0.330 e. The van der Waals surface area contributed by atoms with Gasteiger partial charge < -0.3 is 5.73 Å². The Morgan fingerprint density at radius 2 is 2.07 bits per heavy atom. The average molecular weight is 217 g/mol. The number of hydrogen-bond acceptors (Lipinski definition) is 3. The van der Waals surface area contributed by atoms with Gasteiger partial charge in [-0.3, -0.25) is 0 Å². The van der Waals surface area contributed by atoms with Crippen molar-refractivity contribution in [1.82, 2.24) is 0 Å². The van der Waals surface area contributed by atoms with Crippen LogP contribution in [0.5, 0.6) is 0 Å². The van der Waals surface area contributed by atoms with E-state index in [9.17, 15) is 8.42 Å². The number of nitrogens with two attached hydrogens (primary N) is 1. The minimum Gasteiger partial charge on any atom is -0.330 e. The maximum atomic E-state index is 11.4. The van der Waals surface area contributed by atoms with Gasteiger partial charge in [-0.25, -0.2) is 8.42 Å². The van der Waals surface area contributed by atoms with Crippen molar-refractivity contribution in [1.29, 1.82) is 0 Å². The highest BCUT2D eigenvalue weighted by molar-refractivity contribution is 7.91. The Bertz CT molecular complexity index is 306. The van der Waals surface area contributed by atoms with Crippen LogP contribution in [0.3, 0.4) is 0 Å². The first kappa shape index (κ1) is 10.4. The molecular weight excluding hydrogens is 198 g/mol. The van der Waals surface area contributed by atoms with E-state index in [1.165, 1.54) is 19.3 Å². The first-order valence-corrected chi connectivity index (χ1v) is 7.31. The van der Waals surface area contributed by atoms with Gasteiger partial charge in [0.05, 0.1) is 11.5 Å². The van der Waals surface area contributed by atoms with E-state index >= 15 is 0 Å². The number of hydrogen-bond donors (Lipinski definition) is 1. The van der Waals surface area contributed by atoms with Gasteiger partial charge in [0, 0.05) is 0 Å². The summed E-state index contributed by atoms with van der Waals surface area (Å²) in [6.07, 6.45) is 5.56. The van der Waals surface area contributed by atoms with Gasteiger partial charge in [-0.05, 0) is 43.6 Å². The normalized spacial score (nSPS) is 33.9. The van der Waals surface area contributed by atoms with Gasteiger partial charge in [-0.2, -0.15) is 0 Å². The second kappa shape index (κ2) is 3.49. The lowest BCUT2D eigenvalue weighted by atomic mass is 9.59. The monoisotopic (exact) mass is 217 g/mol. The molecule has 1 saturated carbocycles. The Balaban J connectivity index is 2.07. The molecule has 4 heteroatoms. The van der Waals surface area contributed by atoms with Crippen LogP contribution >= 0.6 is 0 Å². The molecule has 0 amide bonds. The molecule has 1 atom stereocenters. The molecular formula is C10H19NO2S. The highest BCUT2D eigenvalue weighted by atomic mass is 32.2. The fourth-order valence-corrected chi connectivity index (χ4v) is 5.00. The molecule has 3 nitrogen and oxygen atoms in total. The predicted octanol–water partition coefficient (Wildman–Crippen LogP) is 0.940. The number of sulfone groups is 1. The number of rotatable bonds is 3. The van der Waals surface area contributed by atoms with Gasteiger partial charge in [0.25, 0.3) is 0 Å². The Morgan fingerprint density at radius 3 is 2.43 bits per heavy atom. The average Bonchev–Trinajstić information content (AvgIpc) is 2.38. The van der Waals surface area contributed by atoms with E-state index in [0.29, 0.717) is 29.4 Å². The van der Waals surface area contributed by atoms with E-state index < -0.39 is 9.84 Å². The van der Waals surface area contributed by atoms with E-state index in [4.69, 9.17) is 5.73 Å². The lowest BCUT2D eigenvalue weighted by molar-refractivity contribution is 0.0544. The van der Waals surface area contributed by atoms with Crippen LogP contribution < -0.4 is 5.73 Å². The van der Waals surface area contributed by atoms with Crippen molar-refractivity contribution in [3.8, 4) is 0 Å². The molecule has 1 unspecified atom stereocenters. The van der Waals surface area contributed by atoms with Gasteiger partial charge in [0.2, 0.25) is 0 Å². The Hall–Kier alpha value is -0.0900. The summed E-state index contributed by atoms with van der Waals surface area (Å²) < 4.78 is 22.8. The lowest BCUT2D eigenvalue weighted by Crippen LogP contribution is -2.39. The smallest absolute Gasteiger partial charge is 0.150 e. The van der Waals surface area contributed by atoms with Crippen molar-refractivity contribution < 1.29 is 8.42 Å². The van der Waals surface area contributed by atoms with Crippen LogP contribution in [-0.2, 0) is 9.84 Å². The molecule has 1 aliphatic heterocycles. The maximum absolute atomic E-state index is 11.4. The van der Waals surface area contributed by atoms with Gasteiger partial charge >= 0.3 is 0 Å². The molecule has 1 aliphatic carbocycles. The molecule has 14 heavy (non-hydrogen) atoms. The Kier molecular flexibility index (Phi) is 2.60. The highest BCUT2D eigenvalue weighted by Crippen LogP contribution is 2.52. The molecule has 2 aliphatic rings. The van der Waals surface area contributed by atoms with E-state index in [2.05, 4.69) is 0 Å². The first-order chi connectivity index (χ1) is 6.58. The van der Waals surface area contributed by atoms with Crippen molar-refractivity contribution in [3.05, 3.63) is 0 Å². The van der Waals surface area contributed by atoms with Gasteiger partial charge in [-0.15, -0.1) is 0 Å². The van der Waals surface area contributed by atoms with Crippen LogP contribution in [0.15, 0.2) is 0 Å². The molecule has 0 aromatic rings. The molecule has 0 aromatic carbocycles. The van der Waals surface area contributed by atoms with Crippen molar-refractivity contribution in [2.24, 2.45) is 17.1 Å². The fraction of sp³-hybridized carbons (Fsp3) is 1.00.